The molecule has 9 nitrogen and oxygen atoms in total. The van der Waals surface area contributed by atoms with E-state index in [2.05, 4.69) is 17.2 Å². The number of carbonyl (C=O) groups excluding carboxylic acids is 3. The maximum atomic E-state index is 12.8. The van der Waals surface area contributed by atoms with E-state index < -0.39 is 5.97 Å². The molecule has 2 heterocycles. The molecule has 3 aromatic rings. The number of esters is 1. The molecule has 12 heteroatoms. The first-order valence-electron chi connectivity index (χ1n) is 13.4. The number of thiophene rings is 1. The second-order valence-corrected chi connectivity index (χ2v) is 12.5. The first kappa shape index (κ1) is 30.3. The van der Waals surface area contributed by atoms with Crippen LogP contribution in [0.1, 0.15) is 48.0 Å². The summed E-state index contributed by atoms with van der Waals surface area (Å²) in [4.78, 5) is 44.3. The van der Waals surface area contributed by atoms with E-state index in [0.717, 1.165) is 45.7 Å². The van der Waals surface area contributed by atoms with E-state index in [1.54, 1.807) is 14.0 Å². The number of fused-ring (bicyclic) bond motifs is 2. The van der Waals surface area contributed by atoms with Crippen molar-refractivity contribution in [2.45, 2.75) is 46.6 Å². The van der Waals surface area contributed by atoms with Crippen molar-refractivity contribution in [3.63, 3.8) is 0 Å². The first-order valence-corrected chi connectivity index (χ1v) is 16.1. The standard InChI is InChI=1S/C28H35N3O6S3/c1-5-36-12-11-31-20-10-8-18(35-4)14-22(20)40-28(31)30-24(33)16-38-15-23(32)29-26-25(27(34)37-6-2)19-9-7-17(3)13-21(19)39-26/h8,10,14,17H,5-7,9,11-13,15-16H2,1-4H3,(H,29,32). The number of hydrogen-bond donors (Lipinski definition) is 1. The van der Waals surface area contributed by atoms with Gasteiger partial charge in [-0.2, -0.15) is 4.99 Å². The molecule has 216 valence electrons. The minimum Gasteiger partial charge on any atom is -0.497 e. The zero-order chi connectivity index (χ0) is 28.6. The smallest absolute Gasteiger partial charge is 0.341 e. The summed E-state index contributed by atoms with van der Waals surface area (Å²) in [7, 11) is 1.62. The molecule has 1 unspecified atom stereocenters. The zero-order valence-corrected chi connectivity index (χ0v) is 25.7. The average molecular weight is 606 g/mol. The molecule has 0 fully saturated rings. The lowest BCUT2D eigenvalue weighted by molar-refractivity contribution is -0.115. The van der Waals surface area contributed by atoms with Gasteiger partial charge in [0.25, 0.3) is 5.91 Å². The molecule has 4 rings (SSSR count). The Morgan fingerprint density at radius 3 is 2.75 bits per heavy atom. The highest BCUT2D eigenvalue weighted by Crippen LogP contribution is 2.40. The Morgan fingerprint density at radius 1 is 1.18 bits per heavy atom. The topological polar surface area (TPSA) is 108 Å². The molecule has 0 bridgehead atoms. The van der Waals surface area contributed by atoms with Crippen LogP contribution in [0.3, 0.4) is 0 Å². The van der Waals surface area contributed by atoms with Gasteiger partial charge in [0, 0.05) is 18.0 Å². The summed E-state index contributed by atoms with van der Waals surface area (Å²) in [5, 5.41) is 3.44. The molecule has 0 saturated heterocycles. The van der Waals surface area contributed by atoms with E-state index in [1.165, 1.54) is 34.4 Å². The van der Waals surface area contributed by atoms with Gasteiger partial charge < -0.3 is 24.1 Å². The maximum Gasteiger partial charge on any atom is 0.341 e. The summed E-state index contributed by atoms with van der Waals surface area (Å²) in [5.41, 5.74) is 2.43. The molecular formula is C28H35N3O6S3. The van der Waals surface area contributed by atoms with Crippen molar-refractivity contribution in [3.8, 4) is 5.75 Å². The van der Waals surface area contributed by atoms with Crippen molar-refractivity contribution >= 4 is 67.4 Å². The van der Waals surface area contributed by atoms with E-state index in [4.69, 9.17) is 14.2 Å². The number of nitrogens with zero attached hydrogens (tertiary/aromatic N) is 2. The monoisotopic (exact) mass is 605 g/mol. The minimum absolute atomic E-state index is 0.0552. The number of ether oxygens (including phenoxy) is 3. The molecule has 1 aromatic carbocycles. The Bertz CT molecular complexity index is 1440. The normalized spacial score (nSPS) is 15.2. The third-order valence-electron chi connectivity index (χ3n) is 6.48. The number of amides is 2. The Morgan fingerprint density at radius 2 is 2.00 bits per heavy atom. The van der Waals surface area contributed by atoms with Crippen LogP contribution >= 0.6 is 34.4 Å². The van der Waals surface area contributed by atoms with Crippen LogP contribution in [0.15, 0.2) is 23.2 Å². The van der Waals surface area contributed by atoms with Crippen LogP contribution in [0.5, 0.6) is 5.75 Å². The first-order chi connectivity index (χ1) is 19.3. The molecule has 0 aliphatic heterocycles. The van der Waals surface area contributed by atoms with Gasteiger partial charge in [-0.15, -0.1) is 23.1 Å². The Hall–Kier alpha value is -2.67. The summed E-state index contributed by atoms with van der Waals surface area (Å²) in [6.45, 7) is 7.85. The number of hydrogen-bond acceptors (Lipinski definition) is 9. The quantitative estimate of drug-likeness (QED) is 0.231. The molecule has 40 heavy (non-hydrogen) atoms. The minimum atomic E-state index is -0.398. The van der Waals surface area contributed by atoms with Crippen molar-refractivity contribution < 1.29 is 28.6 Å². The Labute approximate surface area is 245 Å². The van der Waals surface area contributed by atoms with Crippen LogP contribution in [-0.2, 0) is 38.4 Å². The zero-order valence-electron chi connectivity index (χ0n) is 23.2. The highest BCUT2D eigenvalue weighted by Gasteiger charge is 2.29. The molecule has 1 N–H and O–H groups in total. The molecule has 2 amide bonds. The predicted molar refractivity (Wildman–Crippen MR) is 161 cm³/mol. The highest BCUT2D eigenvalue weighted by atomic mass is 32.2. The molecule has 1 aliphatic rings. The number of benzene rings is 1. The number of methoxy groups -OCH3 is 1. The highest BCUT2D eigenvalue weighted by molar-refractivity contribution is 8.00. The lowest BCUT2D eigenvalue weighted by atomic mass is 9.88. The number of nitrogens with one attached hydrogen (secondary N) is 1. The summed E-state index contributed by atoms with van der Waals surface area (Å²) >= 11 is 4.06. The summed E-state index contributed by atoms with van der Waals surface area (Å²) in [5.74, 6) is 0.402. The Kier molecular flexibility index (Phi) is 10.8. The van der Waals surface area contributed by atoms with Gasteiger partial charge in [-0.25, -0.2) is 4.79 Å². The van der Waals surface area contributed by atoms with Crippen molar-refractivity contribution in [3.05, 3.63) is 39.0 Å². The lowest BCUT2D eigenvalue weighted by Gasteiger charge is -2.18. The fourth-order valence-electron chi connectivity index (χ4n) is 4.57. The van der Waals surface area contributed by atoms with Crippen LogP contribution in [-0.4, -0.2) is 60.8 Å². The Balaban J connectivity index is 1.42. The number of aromatic nitrogens is 1. The van der Waals surface area contributed by atoms with Crippen LogP contribution in [0.2, 0.25) is 0 Å². The van der Waals surface area contributed by atoms with E-state index in [0.29, 0.717) is 41.0 Å². The second kappa shape index (κ2) is 14.3. The lowest BCUT2D eigenvalue weighted by Crippen LogP contribution is -2.21. The van der Waals surface area contributed by atoms with Gasteiger partial charge >= 0.3 is 5.97 Å². The number of thioether (sulfide) groups is 1. The number of anilines is 1. The molecule has 0 saturated carbocycles. The largest absolute Gasteiger partial charge is 0.497 e. The van der Waals surface area contributed by atoms with E-state index in [-0.39, 0.29) is 29.9 Å². The van der Waals surface area contributed by atoms with Gasteiger partial charge in [-0.1, -0.05) is 18.3 Å². The third-order valence-corrected chi connectivity index (χ3v) is 9.60. The molecule has 0 spiro atoms. The fraction of sp³-hybridized carbons (Fsp3) is 0.500. The fourth-order valence-corrected chi connectivity index (χ4v) is 7.69. The van der Waals surface area contributed by atoms with Gasteiger partial charge in [-0.3, -0.25) is 9.59 Å². The van der Waals surface area contributed by atoms with Gasteiger partial charge in [0.05, 0.1) is 47.6 Å². The van der Waals surface area contributed by atoms with Crippen LogP contribution in [0.4, 0.5) is 5.00 Å². The SMILES string of the molecule is CCOCCn1c(=NC(=O)CSCC(=O)Nc2sc3c(c2C(=O)OCC)CCC(C)C3)sc2cc(OC)ccc21. The number of thiazole rings is 1. The predicted octanol–water partition coefficient (Wildman–Crippen LogP) is 4.91. The van der Waals surface area contributed by atoms with Crippen molar-refractivity contribution in [2.75, 3.05) is 43.8 Å². The van der Waals surface area contributed by atoms with Crippen molar-refractivity contribution in [1.82, 2.24) is 4.57 Å². The van der Waals surface area contributed by atoms with Crippen LogP contribution < -0.4 is 14.9 Å². The van der Waals surface area contributed by atoms with E-state index in [9.17, 15) is 14.4 Å². The molecule has 0 radical (unpaired) electrons. The number of rotatable bonds is 12. The van der Waals surface area contributed by atoms with Crippen LogP contribution in [0, 0.1) is 5.92 Å². The molecular weight excluding hydrogens is 571 g/mol. The van der Waals surface area contributed by atoms with Crippen molar-refractivity contribution in [1.29, 1.82) is 0 Å². The van der Waals surface area contributed by atoms with Crippen molar-refractivity contribution in [2.24, 2.45) is 10.9 Å². The van der Waals surface area contributed by atoms with Crippen LogP contribution in [0.25, 0.3) is 10.2 Å². The second-order valence-electron chi connectivity index (χ2n) is 9.39. The summed E-state index contributed by atoms with van der Waals surface area (Å²) < 4.78 is 19.1. The van der Waals surface area contributed by atoms with Gasteiger partial charge in [-0.05, 0) is 62.8 Å². The van der Waals surface area contributed by atoms with E-state index >= 15 is 0 Å². The third kappa shape index (κ3) is 7.34. The summed E-state index contributed by atoms with van der Waals surface area (Å²) in [6.07, 6.45) is 2.70. The summed E-state index contributed by atoms with van der Waals surface area (Å²) in [6, 6.07) is 5.75. The molecule has 2 aromatic heterocycles. The van der Waals surface area contributed by atoms with Gasteiger partial charge in [0.2, 0.25) is 5.91 Å². The maximum absolute atomic E-state index is 12.8. The van der Waals surface area contributed by atoms with Gasteiger partial charge in [0.15, 0.2) is 4.80 Å². The molecule has 1 atom stereocenters. The number of carbonyl (C=O) groups is 3. The molecule has 1 aliphatic carbocycles. The van der Waals surface area contributed by atoms with Gasteiger partial charge in [0.1, 0.15) is 10.8 Å². The van der Waals surface area contributed by atoms with E-state index in [1.807, 2.05) is 29.7 Å². The average Bonchev–Trinajstić information content (AvgIpc) is 3.44.